The first-order valence-corrected chi connectivity index (χ1v) is 25.1. The SMILES string of the molecule is CCCS(=O)(=O)c1nc2c(c(=O)[nH]c(=O)n2C)n1Cc1ccc(Cl)cc1.CCCSc1nc2c(c(=O)n(CCC3(O)CC3)c(=O)n2C)n1Cc1ccc(Cl)cc1.OC1(CCBr)CC1. The van der Waals surface area contributed by atoms with E-state index in [9.17, 15) is 32.7 Å². The summed E-state index contributed by atoms with van der Waals surface area (Å²) < 4.78 is 32.4. The van der Waals surface area contributed by atoms with Gasteiger partial charge in [-0.25, -0.2) is 23.0 Å². The second kappa shape index (κ2) is 20.0. The third kappa shape index (κ3) is 11.5. The molecule has 3 N–H and O–H groups in total. The summed E-state index contributed by atoms with van der Waals surface area (Å²) in [7, 11) is -0.654. The summed E-state index contributed by atoms with van der Waals surface area (Å²) in [5, 5.41) is 21.9. The average Bonchev–Trinajstić information content (AvgIpc) is 4.08. The molecule has 0 radical (unpaired) electrons. The molecule has 340 valence electrons. The van der Waals surface area contributed by atoms with Crippen LogP contribution in [0.15, 0.2) is 78.0 Å². The van der Waals surface area contributed by atoms with Crippen molar-refractivity contribution in [3.8, 4) is 0 Å². The fourth-order valence-corrected chi connectivity index (χ4v) is 10.1. The Kier molecular flexibility index (Phi) is 15.4. The summed E-state index contributed by atoms with van der Waals surface area (Å²) in [6.07, 6.45) is 6.16. The molecule has 2 fully saturated rings. The van der Waals surface area contributed by atoms with E-state index in [0.29, 0.717) is 45.8 Å². The van der Waals surface area contributed by atoms with E-state index in [2.05, 4.69) is 37.8 Å². The van der Waals surface area contributed by atoms with Gasteiger partial charge in [-0.1, -0.05) is 89.0 Å². The molecule has 4 aromatic heterocycles. The minimum Gasteiger partial charge on any atom is -0.390 e. The Labute approximate surface area is 386 Å². The second-order valence-electron chi connectivity index (χ2n) is 16.0. The maximum atomic E-state index is 13.4. The van der Waals surface area contributed by atoms with Gasteiger partial charge in [0.05, 0.1) is 30.0 Å². The number of halogens is 3. The van der Waals surface area contributed by atoms with E-state index in [1.54, 1.807) is 50.0 Å². The van der Waals surface area contributed by atoms with E-state index in [4.69, 9.17) is 28.3 Å². The van der Waals surface area contributed by atoms with Crippen molar-refractivity contribution in [2.75, 3.05) is 16.8 Å². The van der Waals surface area contributed by atoms with Crippen LogP contribution in [-0.4, -0.2) is 84.5 Å². The summed E-state index contributed by atoms with van der Waals surface area (Å²) >= 11 is 16.7. The third-order valence-corrected chi connectivity index (χ3v) is 14.8. The Bertz CT molecular complexity index is 2950. The normalized spacial score (nSPS) is 14.9. The van der Waals surface area contributed by atoms with E-state index in [1.165, 1.54) is 20.7 Å². The van der Waals surface area contributed by atoms with Crippen molar-refractivity contribution >= 4 is 83.1 Å². The molecule has 6 aromatic rings. The molecule has 0 amide bonds. The van der Waals surface area contributed by atoms with Crippen molar-refractivity contribution < 1.29 is 18.6 Å². The predicted octanol–water partition coefficient (Wildman–Crippen LogP) is 5.62. The summed E-state index contributed by atoms with van der Waals surface area (Å²) in [6, 6.07) is 14.3. The molecule has 0 saturated heterocycles. The topological polar surface area (TPSA) is 209 Å². The van der Waals surface area contributed by atoms with Crippen molar-refractivity contribution in [3.05, 3.63) is 111 Å². The number of aryl methyl sites for hydroxylation is 2. The molecule has 2 saturated carbocycles. The van der Waals surface area contributed by atoms with Crippen LogP contribution in [0.1, 0.15) is 76.3 Å². The fourth-order valence-electron chi connectivity index (χ4n) is 6.79. The van der Waals surface area contributed by atoms with Gasteiger partial charge in [-0.05, 0) is 86.8 Å². The Morgan fingerprint density at radius 3 is 1.81 bits per heavy atom. The van der Waals surface area contributed by atoms with Crippen LogP contribution in [0.25, 0.3) is 22.3 Å². The number of aliphatic hydroxyl groups is 2. The van der Waals surface area contributed by atoms with Gasteiger partial charge >= 0.3 is 11.4 Å². The molecule has 16 nitrogen and oxygen atoms in total. The quantitative estimate of drug-likeness (QED) is 0.0850. The number of alkyl halides is 1. The van der Waals surface area contributed by atoms with Crippen LogP contribution >= 0.6 is 50.9 Å². The Morgan fingerprint density at radius 1 is 0.762 bits per heavy atom. The van der Waals surface area contributed by atoms with Crippen molar-refractivity contribution in [1.82, 2.24) is 37.8 Å². The number of sulfone groups is 1. The lowest BCUT2D eigenvalue weighted by atomic mass is 10.2. The number of imidazole rings is 2. The van der Waals surface area contributed by atoms with E-state index >= 15 is 0 Å². The minimum atomic E-state index is -3.72. The first-order chi connectivity index (χ1) is 29.8. The molecular formula is C42H51BrCl2N8O8S2. The van der Waals surface area contributed by atoms with Crippen LogP contribution in [0, 0.1) is 0 Å². The lowest BCUT2D eigenvalue weighted by molar-refractivity contribution is 0.133. The lowest BCUT2D eigenvalue weighted by Gasteiger charge is -2.12. The molecule has 0 aliphatic heterocycles. The average molecular weight is 1010 g/mol. The number of fused-ring (bicyclic) bond motifs is 2. The molecule has 8 rings (SSSR count). The highest BCUT2D eigenvalue weighted by molar-refractivity contribution is 9.09. The third-order valence-electron chi connectivity index (χ3n) is 10.9. The number of aromatic amines is 1. The lowest BCUT2D eigenvalue weighted by Crippen LogP contribution is -2.40. The number of hydrogen-bond donors (Lipinski definition) is 3. The van der Waals surface area contributed by atoms with Gasteiger partial charge in [0.2, 0.25) is 15.0 Å². The van der Waals surface area contributed by atoms with Crippen molar-refractivity contribution in [2.24, 2.45) is 14.1 Å². The summed E-state index contributed by atoms with van der Waals surface area (Å²) in [5.74, 6) is 0.752. The Morgan fingerprint density at radius 2 is 1.30 bits per heavy atom. The van der Waals surface area contributed by atoms with Crippen LogP contribution in [-0.2, 0) is 43.6 Å². The smallest absolute Gasteiger partial charge is 0.332 e. The maximum absolute atomic E-state index is 13.4. The molecule has 0 unspecified atom stereocenters. The molecule has 21 heteroatoms. The minimum absolute atomic E-state index is 0.0300. The second-order valence-corrected chi connectivity index (χ2v) is 20.7. The molecule has 2 aliphatic carbocycles. The van der Waals surface area contributed by atoms with E-state index < -0.39 is 32.4 Å². The maximum Gasteiger partial charge on any atom is 0.332 e. The highest BCUT2D eigenvalue weighted by atomic mass is 79.9. The fraction of sp³-hybridized carbons (Fsp3) is 0.476. The van der Waals surface area contributed by atoms with E-state index in [0.717, 1.165) is 65.3 Å². The monoisotopic (exact) mass is 1010 g/mol. The number of rotatable bonds is 15. The highest BCUT2D eigenvalue weighted by Gasteiger charge is 2.40. The number of thioether (sulfide) groups is 1. The largest absolute Gasteiger partial charge is 0.390 e. The van der Waals surface area contributed by atoms with Gasteiger partial charge in [0.15, 0.2) is 27.5 Å². The van der Waals surface area contributed by atoms with Gasteiger partial charge in [0, 0.05) is 41.8 Å². The standard InChI is InChI=1S/C21H25ClN4O3S.C16H17ClN4O4S.C5H9BrO/c1-3-12-30-19-23-17-16(26(19)13-14-4-6-15(22)7-5-14)18(27)25(20(28)24(17)2)11-10-21(29)8-9-21;1-3-8-26(24,25)16-18-13-12(14(22)19-15(23)20(13)2)21(16)9-10-4-6-11(17)7-5-10;6-4-3-5(7)1-2-5/h4-7,29H,3,8-13H2,1-2H3;4-7H,3,8-9H2,1-2H3,(H,19,22,23);7H,1-4H2. The van der Waals surface area contributed by atoms with Crippen LogP contribution < -0.4 is 22.5 Å². The number of nitrogens with zero attached hydrogens (tertiary/aromatic N) is 7. The molecule has 4 heterocycles. The molecule has 63 heavy (non-hydrogen) atoms. The van der Waals surface area contributed by atoms with Crippen LogP contribution in [0.3, 0.4) is 0 Å². The summed E-state index contributed by atoms with van der Waals surface area (Å²) in [5.41, 5.74) is -0.470. The van der Waals surface area contributed by atoms with Gasteiger partial charge in [-0.15, -0.1) is 0 Å². The zero-order valence-corrected chi connectivity index (χ0v) is 40.2. The Balaban J connectivity index is 0.000000183. The van der Waals surface area contributed by atoms with Crippen LogP contribution in [0.2, 0.25) is 10.0 Å². The summed E-state index contributed by atoms with van der Waals surface area (Å²) in [6.45, 7) is 4.59. The Hall–Kier alpha value is -3.98. The molecule has 2 aliphatic rings. The van der Waals surface area contributed by atoms with Crippen molar-refractivity contribution in [3.63, 3.8) is 0 Å². The number of H-pyrrole nitrogens is 1. The van der Waals surface area contributed by atoms with Crippen molar-refractivity contribution in [1.29, 1.82) is 0 Å². The van der Waals surface area contributed by atoms with Gasteiger partial charge in [0.25, 0.3) is 11.1 Å². The van der Waals surface area contributed by atoms with Gasteiger partial charge in [-0.2, -0.15) is 4.98 Å². The van der Waals surface area contributed by atoms with Gasteiger partial charge < -0.3 is 19.3 Å². The van der Waals surface area contributed by atoms with E-state index in [-0.39, 0.29) is 46.3 Å². The van der Waals surface area contributed by atoms with Gasteiger partial charge in [-0.3, -0.25) is 28.3 Å². The zero-order chi connectivity index (χ0) is 45.9. The molecule has 0 spiro atoms. The number of benzene rings is 2. The van der Waals surface area contributed by atoms with Crippen molar-refractivity contribution in [2.45, 2.75) is 106 Å². The van der Waals surface area contributed by atoms with Gasteiger partial charge in [0.1, 0.15) is 0 Å². The molecule has 0 atom stereocenters. The molecule has 2 aromatic carbocycles. The summed E-state index contributed by atoms with van der Waals surface area (Å²) in [4.78, 5) is 61.4. The first kappa shape index (κ1) is 48.5. The zero-order valence-electron chi connectivity index (χ0n) is 35.4. The highest BCUT2D eigenvalue weighted by Crippen LogP contribution is 2.39. The molecule has 0 bridgehead atoms. The molecular weight excluding hydrogens is 959 g/mol. The number of hydrogen-bond acceptors (Lipinski definition) is 11. The predicted molar refractivity (Wildman–Crippen MR) is 251 cm³/mol. The van der Waals surface area contributed by atoms with Crippen LogP contribution in [0.5, 0.6) is 0 Å². The number of aromatic nitrogens is 8. The van der Waals surface area contributed by atoms with Crippen LogP contribution in [0.4, 0.5) is 0 Å². The number of nitrogens with one attached hydrogen (secondary N) is 1. The van der Waals surface area contributed by atoms with E-state index in [1.807, 2.05) is 28.8 Å². The first-order valence-electron chi connectivity index (χ1n) is 20.6.